The van der Waals surface area contributed by atoms with Crippen LogP contribution in [-0.2, 0) is 0 Å². The molecule has 0 bridgehead atoms. The first-order valence-electron chi connectivity index (χ1n) is 24.2. The van der Waals surface area contributed by atoms with E-state index >= 15 is 0 Å². The van der Waals surface area contributed by atoms with E-state index in [0.717, 1.165) is 6.07 Å². The van der Waals surface area contributed by atoms with Gasteiger partial charge in [-0.15, -0.1) is 0 Å². The van der Waals surface area contributed by atoms with Gasteiger partial charge in [0.25, 0.3) is 0 Å². The average Bonchev–Trinajstić information content (AvgIpc) is 3.27. The third kappa shape index (κ3) is 4.45. The van der Waals surface area contributed by atoms with E-state index in [4.69, 9.17) is 27.4 Å². The van der Waals surface area contributed by atoms with E-state index < -0.39 is 218 Å². The van der Waals surface area contributed by atoms with E-state index in [9.17, 15) is 8.22 Å². The van der Waals surface area contributed by atoms with Gasteiger partial charge in [-0.3, -0.25) is 0 Å². The fourth-order valence-corrected chi connectivity index (χ4v) is 3.76. The minimum absolute atomic E-state index is 0.442. The second kappa shape index (κ2) is 9.96. The number of hydrogen-bond donors (Lipinski definition) is 0. The number of benzene rings is 7. The number of rotatable bonds is 5. The maximum absolute atomic E-state index is 9.52. The molecule has 0 aromatic heterocycles. The van der Waals surface area contributed by atoms with Gasteiger partial charge in [-0.05, 0) is 80.1 Å². The fraction of sp³-hybridized carbons (Fsp3) is 0. The summed E-state index contributed by atoms with van der Waals surface area (Å²) in [6, 6.07) is -23.3. The quantitative estimate of drug-likeness (QED) is 0.203. The molecule has 0 radical (unpaired) electrons. The summed E-state index contributed by atoms with van der Waals surface area (Å²) in [7, 11) is 0. The largest absolute Gasteiger partial charge is 0.310 e. The smallest absolute Gasteiger partial charge is 0.0651 e. The minimum Gasteiger partial charge on any atom is -0.310 e. The van der Waals surface area contributed by atoms with Crippen LogP contribution in [0.25, 0.3) is 43.8 Å². The SMILES string of the molecule is [2H]c1c([2H])c([2H])c(-c2c([2H])c([2H])c(N(c3cc([2H])c4c(c3[2H])c([2H])c([2H])c3c([2H])c([2H])c([2H])c([2H])c34)c3c([2H])c([2H])c(-c4c([2H])c([2H])c([2H])c([2H])c4[2H])c([2H])c3[2H])c([2H])c2[2H])c([2H])c1[2H]. The van der Waals surface area contributed by atoms with Gasteiger partial charge in [0, 0.05) is 17.1 Å². The first-order chi connectivity index (χ1) is 30.2. The van der Waals surface area contributed by atoms with Gasteiger partial charge in [-0.2, -0.15) is 0 Å². The van der Waals surface area contributed by atoms with Crippen molar-refractivity contribution in [1.82, 2.24) is 0 Å². The zero-order chi connectivity index (χ0) is 48.6. The molecule has 0 spiro atoms. The monoisotopic (exact) mass is 523 g/mol. The van der Waals surface area contributed by atoms with Crippen LogP contribution in [0.3, 0.4) is 0 Å². The molecule has 0 saturated carbocycles. The molecule has 0 amide bonds. The highest BCUT2D eigenvalue weighted by Crippen LogP contribution is 2.38. The Morgan fingerprint density at radius 1 is 0.359 bits per heavy atom. The molecule has 7 aromatic carbocycles. The summed E-state index contributed by atoms with van der Waals surface area (Å²) in [4.78, 5) is 0.506. The van der Waals surface area contributed by atoms with Crippen molar-refractivity contribution in [2.75, 3.05) is 4.90 Å². The Labute approximate surface area is 265 Å². The standard InChI is InChI=1S/C38H27N/c1-3-9-28(10-4-1)30-17-21-34(22-18-30)39(35-23-19-31(20-24-35)29-11-5-2-6-12-29)36-25-26-38-33(27-36)16-15-32-13-7-8-14-37(32)38/h1-27H/i1D,2D,3D,4D,5D,6D,7D,8D,9D,10D,11D,12D,13D,14D,15D,16D,17D,18D,19D,20D,21D,22D,23D,24D,26D,27D. The number of hydrogen-bond acceptors (Lipinski definition) is 1. The Bertz CT molecular complexity index is 3090. The second-order valence-electron chi connectivity index (χ2n) is 7.83. The summed E-state index contributed by atoms with van der Waals surface area (Å²) in [5, 5.41) is -2.01. The molecule has 0 unspecified atom stereocenters. The molecular formula is C38H27N. The Balaban J connectivity index is 1.70. The fourth-order valence-electron chi connectivity index (χ4n) is 3.76. The van der Waals surface area contributed by atoms with E-state index in [2.05, 4.69) is 0 Å². The summed E-state index contributed by atoms with van der Waals surface area (Å²) in [6.45, 7) is 0. The van der Waals surface area contributed by atoms with Crippen molar-refractivity contribution >= 4 is 38.6 Å². The predicted octanol–water partition coefficient (Wildman–Crippen LogP) is 10.8. The molecule has 1 nitrogen and oxygen atoms in total. The highest BCUT2D eigenvalue weighted by molar-refractivity contribution is 6.08. The topological polar surface area (TPSA) is 3.24 Å². The van der Waals surface area contributed by atoms with Crippen molar-refractivity contribution in [3.05, 3.63) is 163 Å². The van der Waals surface area contributed by atoms with Crippen molar-refractivity contribution in [2.24, 2.45) is 0 Å². The highest BCUT2D eigenvalue weighted by atomic mass is 15.1. The molecule has 1 heteroatoms. The summed E-state index contributed by atoms with van der Waals surface area (Å²) in [6.07, 6.45) is 0. The minimum atomic E-state index is -1.13. The van der Waals surface area contributed by atoms with Gasteiger partial charge in [0.15, 0.2) is 0 Å². The molecule has 0 aliphatic carbocycles. The lowest BCUT2D eigenvalue weighted by Gasteiger charge is -2.26. The van der Waals surface area contributed by atoms with Gasteiger partial charge in [0.1, 0.15) is 0 Å². The van der Waals surface area contributed by atoms with E-state index in [1.807, 2.05) is 0 Å². The van der Waals surface area contributed by atoms with Gasteiger partial charge < -0.3 is 4.90 Å². The van der Waals surface area contributed by atoms with Crippen molar-refractivity contribution in [3.8, 4) is 22.3 Å². The first-order valence-corrected chi connectivity index (χ1v) is 11.2. The number of fused-ring (bicyclic) bond motifs is 3. The number of nitrogens with zero attached hydrogens (tertiary/aromatic N) is 1. The van der Waals surface area contributed by atoms with E-state index in [1.165, 1.54) is 0 Å². The normalized spacial score (nSPS) is 20.4. The third-order valence-corrected chi connectivity index (χ3v) is 5.52. The summed E-state index contributed by atoms with van der Waals surface area (Å²) >= 11 is 0. The molecule has 0 saturated heterocycles. The lowest BCUT2D eigenvalue weighted by Crippen LogP contribution is -2.09. The van der Waals surface area contributed by atoms with Crippen LogP contribution in [0.15, 0.2) is 163 Å². The van der Waals surface area contributed by atoms with Crippen molar-refractivity contribution in [3.63, 3.8) is 0 Å². The maximum Gasteiger partial charge on any atom is 0.0651 e. The van der Waals surface area contributed by atoms with Crippen LogP contribution in [0.4, 0.5) is 17.1 Å². The van der Waals surface area contributed by atoms with Crippen LogP contribution < -0.4 is 4.90 Å². The van der Waals surface area contributed by atoms with Crippen LogP contribution in [0, 0.1) is 0 Å². The summed E-state index contributed by atoms with van der Waals surface area (Å²) in [5.41, 5.74) is -5.87. The molecule has 0 aliphatic heterocycles. The predicted molar refractivity (Wildman–Crippen MR) is 167 cm³/mol. The van der Waals surface area contributed by atoms with Crippen LogP contribution in [0.1, 0.15) is 35.6 Å². The highest BCUT2D eigenvalue weighted by Gasteiger charge is 2.14. The van der Waals surface area contributed by atoms with Crippen LogP contribution >= 0.6 is 0 Å². The lowest BCUT2D eigenvalue weighted by molar-refractivity contribution is 1.29. The van der Waals surface area contributed by atoms with E-state index in [-0.39, 0.29) is 0 Å². The van der Waals surface area contributed by atoms with Crippen molar-refractivity contribution in [1.29, 1.82) is 0 Å². The van der Waals surface area contributed by atoms with Crippen LogP contribution in [-0.4, -0.2) is 0 Å². The molecule has 184 valence electrons. The first kappa shape index (κ1) is 8.43. The lowest BCUT2D eigenvalue weighted by atomic mass is 10.0. The summed E-state index contributed by atoms with van der Waals surface area (Å²) < 4.78 is 226. The Morgan fingerprint density at radius 3 is 1.41 bits per heavy atom. The molecule has 0 heterocycles. The molecule has 7 aromatic rings. The summed E-state index contributed by atoms with van der Waals surface area (Å²) in [5.74, 6) is 0. The van der Waals surface area contributed by atoms with E-state index in [0.29, 0.717) is 4.90 Å². The zero-order valence-electron chi connectivity index (χ0n) is 45.5. The molecule has 0 atom stereocenters. The van der Waals surface area contributed by atoms with Crippen LogP contribution in [0.5, 0.6) is 0 Å². The molecule has 0 N–H and O–H groups in total. The van der Waals surface area contributed by atoms with Gasteiger partial charge in [0.2, 0.25) is 0 Å². The average molecular weight is 524 g/mol. The molecule has 7 rings (SSSR count). The van der Waals surface area contributed by atoms with Crippen molar-refractivity contribution < 1.29 is 35.6 Å². The van der Waals surface area contributed by atoms with Gasteiger partial charge in [0.05, 0.1) is 35.6 Å². The van der Waals surface area contributed by atoms with Crippen LogP contribution in [0.2, 0.25) is 0 Å². The Morgan fingerprint density at radius 2 is 0.821 bits per heavy atom. The third-order valence-electron chi connectivity index (χ3n) is 5.52. The van der Waals surface area contributed by atoms with E-state index in [1.54, 1.807) is 0 Å². The molecule has 0 fully saturated rings. The molecule has 0 aliphatic rings. The molecule has 39 heavy (non-hydrogen) atoms. The van der Waals surface area contributed by atoms with Gasteiger partial charge in [-0.1, -0.05) is 127 Å². The van der Waals surface area contributed by atoms with Gasteiger partial charge >= 0.3 is 0 Å². The van der Waals surface area contributed by atoms with Gasteiger partial charge in [-0.25, -0.2) is 0 Å². The maximum atomic E-state index is 9.52. The Hall–Kier alpha value is -5.14. The second-order valence-corrected chi connectivity index (χ2v) is 7.83. The number of anilines is 3. The Kier molecular flexibility index (Phi) is 2.15. The zero-order valence-corrected chi connectivity index (χ0v) is 19.5. The molecular weight excluding hydrogens is 470 g/mol. The van der Waals surface area contributed by atoms with Crippen molar-refractivity contribution in [2.45, 2.75) is 0 Å².